The lowest BCUT2D eigenvalue weighted by Crippen LogP contribution is -2.41. The highest BCUT2D eigenvalue weighted by Gasteiger charge is 2.32. The van der Waals surface area contributed by atoms with Crippen LogP contribution in [0, 0.1) is 6.92 Å². The van der Waals surface area contributed by atoms with E-state index in [1.807, 2.05) is 0 Å². The first-order valence-corrected chi connectivity index (χ1v) is 9.96. The Morgan fingerprint density at radius 1 is 1.20 bits per heavy atom. The van der Waals surface area contributed by atoms with E-state index in [0.717, 1.165) is 0 Å². The van der Waals surface area contributed by atoms with E-state index < -0.39 is 10.0 Å². The smallest absolute Gasteiger partial charge is 0.244 e. The number of ether oxygens (including phenoxy) is 1. The summed E-state index contributed by atoms with van der Waals surface area (Å²) in [6, 6.07) is 4.67. The van der Waals surface area contributed by atoms with E-state index in [9.17, 15) is 8.42 Å². The second kappa shape index (κ2) is 7.45. The second-order valence-corrected chi connectivity index (χ2v) is 8.52. The summed E-state index contributed by atoms with van der Waals surface area (Å²) >= 11 is 12.1. The Hall–Kier alpha value is -1.41. The third kappa shape index (κ3) is 4.06. The van der Waals surface area contributed by atoms with Crippen LogP contribution in [-0.4, -0.2) is 41.9 Å². The van der Waals surface area contributed by atoms with Gasteiger partial charge in [0.25, 0.3) is 0 Å². The summed E-state index contributed by atoms with van der Waals surface area (Å²) in [5, 5.41) is 0.580. The van der Waals surface area contributed by atoms with Gasteiger partial charge in [-0.25, -0.2) is 18.4 Å². The highest BCUT2D eigenvalue weighted by molar-refractivity contribution is 7.89. The number of rotatable bonds is 4. The Labute approximate surface area is 156 Å². The van der Waals surface area contributed by atoms with Gasteiger partial charge in [-0.2, -0.15) is 4.31 Å². The van der Waals surface area contributed by atoms with E-state index in [0.29, 0.717) is 42.4 Å². The molecular weight excluding hydrogens is 385 g/mol. The summed E-state index contributed by atoms with van der Waals surface area (Å²) in [5.74, 6) is 0.493. The number of benzene rings is 1. The molecule has 1 aliphatic rings. The summed E-state index contributed by atoms with van der Waals surface area (Å²) in [7, 11) is -3.67. The average molecular weight is 402 g/mol. The molecule has 1 aliphatic heterocycles. The molecule has 2 aromatic rings. The first kappa shape index (κ1) is 18.4. The first-order chi connectivity index (χ1) is 11.9. The third-order valence-corrected chi connectivity index (χ3v) is 6.84. The predicted molar refractivity (Wildman–Crippen MR) is 95.6 cm³/mol. The predicted octanol–water partition coefficient (Wildman–Crippen LogP) is 3.32. The molecule has 1 aromatic carbocycles. The average Bonchev–Trinajstić information content (AvgIpc) is 2.59. The normalized spacial score (nSPS) is 16.8. The molecule has 134 valence electrons. The second-order valence-electron chi connectivity index (χ2n) is 5.80. The van der Waals surface area contributed by atoms with E-state index >= 15 is 0 Å². The van der Waals surface area contributed by atoms with Crippen molar-refractivity contribution in [1.29, 1.82) is 0 Å². The van der Waals surface area contributed by atoms with Gasteiger partial charge in [-0.3, -0.25) is 0 Å². The molecule has 0 spiro atoms. The van der Waals surface area contributed by atoms with Gasteiger partial charge in [0, 0.05) is 30.4 Å². The van der Waals surface area contributed by atoms with E-state index in [2.05, 4.69) is 9.97 Å². The monoisotopic (exact) mass is 401 g/mol. The minimum Gasteiger partial charge on any atom is -0.474 e. The highest BCUT2D eigenvalue weighted by Crippen LogP contribution is 2.31. The summed E-state index contributed by atoms with van der Waals surface area (Å²) in [4.78, 5) is 7.95. The molecule has 0 N–H and O–H groups in total. The van der Waals surface area contributed by atoms with Crippen molar-refractivity contribution in [3.63, 3.8) is 0 Å². The summed E-state index contributed by atoms with van der Waals surface area (Å²) < 4.78 is 32.9. The van der Waals surface area contributed by atoms with Crippen LogP contribution in [0.5, 0.6) is 5.88 Å². The maximum atomic E-state index is 12.9. The largest absolute Gasteiger partial charge is 0.474 e. The minimum absolute atomic E-state index is 0.0798. The number of piperidine rings is 1. The van der Waals surface area contributed by atoms with Crippen molar-refractivity contribution < 1.29 is 13.2 Å². The summed E-state index contributed by atoms with van der Waals surface area (Å²) in [6.45, 7) is 2.46. The molecule has 9 heteroatoms. The maximum absolute atomic E-state index is 12.9. The zero-order chi connectivity index (χ0) is 18.0. The molecule has 0 amide bonds. The first-order valence-electron chi connectivity index (χ1n) is 7.76. The lowest BCUT2D eigenvalue weighted by molar-refractivity contribution is 0.129. The summed E-state index contributed by atoms with van der Waals surface area (Å²) in [6.07, 6.45) is 4.09. The molecule has 3 rings (SSSR count). The van der Waals surface area contributed by atoms with Crippen LogP contribution in [0.25, 0.3) is 0 Å². The Morgan fingerprint density at radius 3 is 2.56 bits per heavy atom. The van der Waals surface area contributed by atoms with Crippen LogP contribution in [0.3, 0.4) is 0 Å². The van der Waals surface area contributed by atoms with Crippen molar-refractivity contribution in [2.45, 2.75) is 30.8 Å². The minimum atomic E-state index is -3.67. The Bertz CT molecular complexity index is 854. The lowest BCUT2D eigenvalue weighted by atomic mass is 10.1. The van der Waals surface area contributed by atoms with Crippen molar-refractivity contribution in [3.05, 3.63) is 46.3 Å². The zero-order valence-corrected chi connectivity index (χ0v) is 15.9. The van der Waals surface area contributed by atoms with Gasteiger partial charge in [-0.15, -0.1) is 0 Å². The molecule has 0 atom stereocenters. The van der Waals surface area contributed by atoms with Crippen LogP contribution < -0.4 is 4.74 Å². The van der Waals surface area contributed by atoms with Gasteiger partial charge in [0.05, 0.1) is 5.02 Å². The van der Waals surface area contributed by atoms with Crippen molar-refractivity contribution >= 4 is 33.2 Å². The van der Waals surface area contributed by atoms with Crippen molar-refractivity contribution in [2.75, 3.05) is 13.1 Å². The molecule has 0 radical (unpaired) electrons. The molecule has 1 aromatic heterocycles. The Balaban J connectivity index is 1.71. The molecule has 0 unspecified atom stereocenters. The van der Waals surface area contributed by atoms with Gasteiger partial charge in [-0.1, -0.05) is 23.2 Å². The molecule has 1 saturated heterocycles. The molecule has 2 heterocycles. The molecule has 6 nitrogen and oxygen atoms in total. The van der Waals surface area contributed by atoms with Crippen LogP contribution in [0.4, 0.5) is 0 Å². The highest BCUT2D eigenvalue weighted by atomic mass is 35.5. The van der Waals surface area contributed by atoms with E-state index in [1.54, 1.807) is 19.2 Å². The van der Waals surface area contributed by atoms with E-state index in [1.165, 1.54) is 22.8 Å². The molecule has 25 heavy (non-hydrogen) atoms. The number of hydrogen-bond donors (Lipinski definition) is 0. The fourth-order valence-corrected chi connectivity index (χ4v) is 4.95. The van der Waals surface area contributed by atoms with E-state index in [-0.39, 0.29) is 16.0 Å². The molecular formula is C16H17Cl2N3O3S. The van der Waals surface area contributed by atoms with Crippen LogP contribution >= 0.6 is 23.2 Å². The summed E-state index contributed by atoms with van der Waals surface area (Å²) in [5.41, 5.74) is 0.673. The van der Waals surface area contributed by atoms with Gasteiger partial charge in [0.1, 0.15) is 17.3 Å². The Kier molecular flexibility index (Phi) is 5.48. The van der Waals surface area contributed by atoms with Gasteiger partial charge in [0.15, 0.2) is 0 Å². The number of hydrogen-bond acceptors (Lipinski definition) is 5. The number of halogens is 2. The third-order valence-electron chi connectivity index (χ3n) is 4.07. The van der Waals surface area contributed by atoms with E-state index in [4.69, 9.17) is 27.9 Å². The van der Waals surface area contributed by atoms with Gasteiger partial charge in [-0.05, 0) is 37.5 Å². The standard InChI is InChI=1S/C16H17Cl2N3O3S/c1-11-8-15(14(18)9-13(11)17)25(22,23)21-6-3-12(4-7-21)24-16-2-5-19-10-20-16/h2,5,8-10,12H,3-4,6-7H2,1H3. The van der Waals surface area contributed by atoms with Crippen LogP contribution in [-0.2, 0) is 10.0 Å². The van der Waals surface area contributed by atoms with Crippen molar-refractivity contribution in [3.8, 4) is 5.88 Å². The quantitative estimate of drug-likeness (QED) is 0.785. The van der Waals surface area contributed by atoms with Crippen molar-refractivity contribution in [1.82, 2.24) is 14.3 Å². The number of aryl methyl sites for hydroxylation is 1. The number of aromatic nitrogens is 2. The SMILES string of the molecule is Cc1cc(S(=O)(=O)N2CCC(Oc3ccncn3)CC2)c(Cl)cc1Cl. The van der Waals surface area contributed by atoms with Crippen LogP contribution in [0.2, 0.25) is 10.0 Å². The molecule has 0 aliphatic carbocycles. The van der Waals surface area contributed by atoms with Crippen LogP contribution in [0.15, 0.2) is 35.6 Å². The number of sulfonamides is 1. The number of nitrogens with zero attached hydrogens (tertiary/aromatic N) is 3. The zero-order valence-electron chi connectivity index (χ0n) is 13.5. The van der Waals surface area contributed by atoms with Gasteiger partial charge < -0.3 is 4.74 Å². The topological polar surface area (TPSA) is 72.4 Å². The maximum Gasteiger partial charge on any atom is 0.244 e. The molecule has 0 saturated carbocycles. The van der Waals surface area contributed by atoms with Gasteiger partial charge >= 0.3 is 0 Å². The lowest BCUT2D eigenvalue weighted by Gasteiger charge is -2.31. The fraction of sp³-hybridized carbons (Fsp3) is 0.375. The molecule has 0 bridgehead atoms. The van der Waals surface area contributed by atoms with Crippen molar-refractivity contribution in [2.24, 2.45) is 0 Å². The van der Waals surface area contributed by atoms with Gasteiger partial charge in [0.2, 0.25) is 15.9 Å². The van der Waals surface area contributed by atoms with Crippen LogP contribution in [0.1, 0.15) is 18.4 Å². The fourth-order valence-electron chi connectivity index (χ4n) is 2.68. The molecule has 1 fully saturated rings. The Morgan fingerprint density at radius 2 is 1.92 bits per heavy atom.